The van der Waals surface area contributed by atoms with Gasteiger partial charge < -0.3 is 15.6 Å². The molecular formula is C11H16N2O3S. The van der Waals surface area contributed by atoms with Gasteiger partial charge in [0.05, 0.1) is 7.11 Å². The summed E-state index contributed by atoms with van der Waals surface area (Å²) in [4.78, 5) is 14.6. The molecule has 1 atom stereocenters. The second kappa shape index (κ2) is 7.13. The van der Waals surface area contributed by atoms with Crippen molar-refractivity contribution in [2.24, 2.45) is 5.73 Å². The Morgan fingerprint density at radius 1 is 1.71 bits per heavy atom. The van der Waals surface area contributed by atoms with Gasteiger partial charge in [0.1, 0.15) is 6.04 Å². The summed E-state index contributed by atoms with van der Waals surface area (Å²) in [5.74, 6) is 1.10. The number of carboxylic acid groups (broad SMARTS) is 1. The molecular weight excluding hydrogens is 240 g/mol. The van der Waals surface area contributed by atoms with Gasteiger partial charge in [-0.3, -0.25) is 4.79 Å². The van der Waals surface area contributed by atoms with Crippen LogP contribution in [0.3, 0.4) is 0 Å². The molecule has 0 spiro atoms. The number of methoxy groups -OCH3 is 1. The molecule has 0 bridgehead atoms. The highest BCUT2D eigenvalue weighted by Gasteiger charge is 2.10. The molecule has 17 heavy (non-hydrogen) atoms. The van der Waals surface area contributed by atoms with Gasteiger partial charge >= 0.3 is 5.97 Å². The molecule has 94 valence electrons. The zero-order chi connectivity index (χ0) is 12.7. The zero-order valence-corrected chi connectivity index (χ0v) is 10.4. The molecule has 0 saturated carbocycles. The summed E-state index contributed by atoms with van der Waals surface area (Å²) in [5, 5.41) is 8.62. The van der Waals surface area contributed by atoms with Crippen LogP contribution in [0.1, 0.15) is 12.0 Å². The van der Waals surface area contributed by atoms with Crippen molar-refractivity contribution in [1.29, 1.82) is 0 Å². The summed E-state index contributed by atoms with van der Waals surface area (Å²) in [7, 11) is 1.58. The molecule has 1 aromatic rings. The van der Waals surface area contributed by atoms with Crippen molar-refractivity contribution in [3.05, 3.63) is 23.9 Å². The molecule has 1 heterocycles. The molecule has 0 radical (unpaired) electrons. The molecule has 0 aliphatic heterocycles. The quantitative estimate of drug-likeness (QED) is 0.711. The first-order chi connectivity index (χ1) is 8.15. The maximum atomic E-state index is 10.5. The monoisotopic (exact) mass is 256 g/mol. The van der Waals surface area contributed by atoms with Crippen molar-refractivity contribution in [1.82, 2.24) is 4.98 Å². The van der Waals surface area contributed by atoms with Crippen molar-refractivity contribution in [3.63, 3.8) is 0 Å². The summed E-state index contributed by atoms with van der Waals surface area (Å²) in [6.07, 6.45) is 2.13. The molecule has 0 fully saturated rings. The van der Waals surface area contributed by atoms with Gasteiger partial charge in [0.15, 0.2) is 0 Å². The van der Waals surface area contributed by atoms with Crippen molar-refractivity contribution in [2.45, 2.75) is 18.2 Å². The van der Waals surface area contributed by atoms with Crippen LogP contribution in [0.5, 0.6) is 5.88 Å². The van der Waals surface area contributed by atoms with Crippen LogP contribution in [0.15, 0.2) is 18.3 Å². The number of pyridine rings is 1. The standard InChI is InChI=1S/C11H16N2O3S/c1-16-10-8(3-2-5-13-10)7-17-6-4-9(12)11(14)15/h2-3,5,9H,4,6-7,12H2,1H3,(H,14,15). The van der Waals surface area contributed by atoms with E-state index in [0.29, 0.717) is 18.1 Å². The van der Waals surface area contributed by atoms with Crippen LogP contribution < -0.4 is 10.5 Å². The minimum atomic E-state index is -0.954. The Bertz CT molecular complexity index is 373. The van der Waals surface area contributed by atoms with E-state index in [2.05, 4.69) is 4.98 Å². The van der Waals surface area contributed by atoms with Crippen LogP contribution in [-0.2, 0) is 10.5 Å². The molecule has 0 aromatic carbocycles. The molecule has 0 aliphatic rings. The van der Waals surface area contributed by atoms with Crippen LogP contribution in [0, 0.1) is 0 Å². The lowest BCUT2D eigenvalue weighted by Gasteiger charge is -2.08. The summed E-state index contributed by atoms with van der Waals surface area (Å²) >= 11 is 1.62. The zero-order valence-electron chi connectivity index (χ0n) is 9.63. The van der Waals surface area contributed by atoms with Crippen molar-refractivity contribution >= 4 is 17.7 Å². The normalized spacial score (nSPS) is 12.1. The number of hydrogen-bond donors (Lipinski definition) is 2. The topological polar surface area (TPSA) is 85.4 Å². The number of thioether (sulfide) groups is 1. The number of hydrogen-bond acceptors (Lipinski definition) is 5. The lowest BCUT2D eigenvalue weighted by Crippen LogP contribution is -2.30. The average Bonchev–Trinajstić information content (AvgIpc) is 2.34. The van der Waals surface area contributed by atoms with Gasteiger partial charge in [-0.2, -0.15) is 11.8 Å². The van der Waals surface area contributed by atoms with Crippen molar-refractivity contribution in [3.8, 4) is 5.88 Å². The van der Waals surface area contributed by atoms with E-state index in [1.165, 1.54) is 0 Å². The van der Waals surface area contributed by atoms with Crippen molar-refractivity contribution in [2.75, 3.05) is 12.9 Å². The summed E-state index contributed by atoms with van der Waals surface area (Å²) in [6, 6.07) is 3.01. The van der Waals surface area contributed by atoms with E-state index in [1.54, 1.807) is 25.1 Å². The van der Waals surface area contributed by atoms with E-state index < -0.39 is 12.0 Å². The van der Waals surface area contributed by atoms with E-state index in [9.17, 15) is 4.79 Å². The fraction of sp³-hybridized carbons (Fsp3) is 0.455. The number of ether oxygens (including phenoxy) is 1. The van der Waals surface area contributed by atoms with Gasteiger partial charge in [-0.1, -0.05) is 6.07 Å². The van der Waals surface area contributed by atoms with E-state index in [1.807, 2.05) is 12.1 Å². The Hall–Kier alpha value is -1.27. The number of aromatic nitrogens is 1. The summed E-state index contributed by atoms with van der Waals surface area (Å²) < 4.78 is 5.12. The number of carbonyl (C=O) groups is 1. The maximum Gasteiger partial charge on any atom is 0.320 e. The highest BCUT2D eigenvalue weighted by atomic mass is 32.2. The second-order valence-electron chi connectivity index (χ2n) is 3.46. The van der Waals surface area contributed by atoms with E-state index in [0.717, 1.165) is 11.3 Å². The van der Waals surface area contributed by atoms with E-state index in [4.69, 9.17) is 15.6 Å². The minimum absolute atomic E-state index is 0.461. The molecule has 6 heteroatoms. The molecule has 0 saturated heterocycles. The highest BCUT2D eigenvalue weighted by molar-refractivity contribution is 7.98. The molecule has 3 N–H and O–H groups in total. The third-order valence-corrected chi connectivity index (χ3v) is 3.23. The maximum absolute atomic E-state index is 10.5. The van der Waals surface area contributed by atoms with Crippen LogP contribution in [-0.4, -0.2) is 35.0 Å². The number of nitrogens with zero attached hydrogens (tertiary/aromatic N) is 1. The SMILES string of the molecule is COc1ncccc1CSCCC(N)C(=O)O. The van der Waals surface area contributed by atoms with Gasteiger partial charge in [0.25, 0.3) is 0 Å². The Morgan fingerprint density at radius 2 is 2.47 bits per heavy atom. The van der Waals surface area contributed by atoms with Gasteiger partial charge in [0, 0.05) is 17.5 Å². The number of carboxylic acids is 1. The van der Waals surface area contributed by atoms with E-state index >= 15 is 0 Å². The molecule has 1 aromatic heterocycles. The molecule has 1 rings (SSSR count). The first kappa shape index (κ1) is 13.8. The lowest BCUT2D eigenvalue weighted by molar-refractivity contribution is -0.138. The fourth-order valence-corrected chi connectivity index (χ4v) is 2.24. The Morgan fingerprint density at radius 3 is 3.12 bits per heavy atom. The smallest absolute Gasteiger partial charge is 0.320 e. The molecule has 0 aliphatic carbocycles. The fourth-order valence-electron chi connectivity index (χ4n) is 1.23. The van der Waals surface area contributed by atoms with Gasteiger partial charge in [-0.05, 0) is 18.2 Å². The minimum Gasteiger partial charge on any atom is -0.481 e. The third-order valence-electron chi connectivity index (χ3n) is 2.19. The number of nitrogens with two attached hydrogens (primary N) is 1. The van der Waals surface area contributed by atoms with Gasteiger partial charge in [-0.25, -0.2) is 4.98 Å². The number of aliphatic carboxylic acids is 1. The Balaban J connectivity index is 2.33. The Labute approximate surface area is 104 Å². The lowest BCUT2D eigenvalue weighted by atomic mass is 10.2. The number of rotatable bonds is 7. The van der Waals surface area contributed by atoms with Crippen LogP contribution in [0.4, 0.5) is 0 Å². The third kappa shape index (κ3) is 4.62. The first-order valence-electron chi connectivity index (χ1n) is 5.19. The largest absolute Gasteiger partial charge is 0.481 e. The molecule has 1 unspecified atom stereocenters. The van der Waals surface area contributed by atoms with Crippen molar-refractivity contribution < 1.29 is 14.6 Å². The second-order valence-corrected chi connectivity index (χ2v) is 4.56. The molecule has 0 amide bonds. The average molecular weight is 256 g/mol. The van der Waals surface area contributed by atoms with E-state index in [-0.39, 0.29) is 0 Å². The van der Waals surface area contributed by atoms with Gasteiger partial charge in [0.2, 0.25) is 5.88 Å². The summed E-state index contributed by atoms with van der Waals surface area (Å²) in [6.45, 7) is 0. The van der Waals surface area contributed by atoms with Crippen LogP contribution in [0.2, 0.25) is 0 Å². The molecule has 5 nitrogen and oxygen atoms in total. The summed E-state index contributed by atoms with van der Waals surface area (Å²) in [5.41, 5.74) is 6.41. The van der Waals surface area contributed by atoms with Crippen LogP contribution >= 0.6 is 11.8 Å². The predicted octanol–water partition coefficient (Wildman–Crippen LogP) is 1.13. The van der Waals surface area contributed by atoms with Crippen LogP contribution in [0.25, 0.3) is 0 Å². The highest BCUT2D eigenvalue weighted by Crippen LogP contribution is 2.20. The Kier molecular flexibility index (Phi) is 5.79. The predicted molar refractivity (Wildman–Crippen MR) is 67.2 cm³/mol. The first-order valence-corrected chi connectivity index (χ1v) is 6.34. The van der Waals surface area contributed by atoms with Gasteiger partial charge in [-0.15, -0.1) is 0 Å².